The summed E-state index contributed by atoms with van der Waals surface area (Å²) < 4.78 is 18.6. The van der Waals surface area contributed by atoms with Gasteiger partial charge in [0.1, 0.15) is 18.0 Å². The molecule has 0 atom stereocenters. The van der Waals surface area contributed by atoms with Crippen LogP contribution in [0.15, 0.2) is 51.7 Å². The van der Waals surface area contributed by atoms with Crippen LogP contribution in [0.3, 0.4) is 0 Å². The van der Waals surface area contributed by atoms with Crippen molar-refractivity contribution in [3.63, 3.8) is 0 Å². The van der Waals surface area contributed by atoms with Crippen LogP contribution in [0, 0.1) is 15.9 Å². The Morgan fingerprint density at radius 2 is 2.00 bits per heavy atom. The number of hydrogen-bond donors (Lipinski definition) is 1. The third-order valence-electron chi connectivity index (χ3n) is 3.42. The third kappa shape index (κ3) is 4.18. The number of anilines is 1. The minimum Gasteiger partial charge on any atom is -0.388 e. The molecule has 0 aliphatic heterocycles. The molecule has 0 unspecified atom stereocenters. The summed E-state index contributed by atoms with van der Waals surface area (Å²) in [7, 11) is 0. The molecule has 2 aromatic carbocycles. The molecule has 11 heteroatoms. The van der Waals surface area contributed by atoms with Crippen LogP contribution < -0.4 is 11.1 Å². The fraction of sp³-hybridized carbons (Fsp3) is 0.0625. The van der Waals surface area contributed by atoms with Crippen LogP contribution in [0.1, 0.15) is 0 Å². The van der Waals surface area contributed by atoms with Crippen molar-refractivity contribution in [2.75, 3.05) is 5.32 Å². The van der Waals surface area contributed by atoms with E-state index in [1.165, 1.54) is 36.4 Å². The van der Waals surface area contributed by atoms with Gasteiger partial charge in [-0.15, -0.1) is 5.10 Å². The van der Waals surface area contributed by atoms with E-state index in [0.29, 0.717) is 5.56 Å². The van der Waals surface area contributed by atoms with Crippen LogP contribution in [-0.4, -0.2) is 20.6 Å². The standard InChI is InChI=1S/C16H10ClFN4O5/c17-10-3-6-12(13(7-10)22(25)26)19-14(23)8-21-16(24)27-15(20-21)9-1-4-11(18)5-2-9/h1-7H,8H2,(H,19,23). The number of rotatable bonds is 5. The van der Waals surface area contributed by atoms with Gasteiger partial charge in [0.05, 0.1) is 4.92 Å². The average Bonchev–Trinajstić information content (AvgIpc) is 2.97. The third-order valence-corrected chi connectivity index (χ3v) is 3.66. The first-order chi connectivity index (χ1) is 12.8. The van der Waals surface area contributed by atoms with Crippen LogP contribution in [-0.2, 0) is 11.3 Å². The van der Waals surface area contributed by atoms with E-state index in [0.717, 1.165) is 10.7 Å². The number of benzene rings is 2. The highest BCUT2D eigenvalue weighted by Gasteiger charge is 2.18. The molecule has 0 radical (unpaired) electrons. The zero-order chi connectivity index (χ0) is 19.6. The lowest BCUT2D eigenvalue weighted by molar-refractivity contribution is -0.383. The summed E-state index contributed by atoms with van der Waals surface area (Å²) >= 11 is 5.71. The highest BCUT2D eigenvalue weighted by atomic mass is 35.5. The zero-order valence-electron chi connectivity index (χ0n) is 13.4. The van der Waals surface area contributed by atoms with Crippen LogP contribution >= 0.6 is 11.6 Å². The lowest BCUT2D eigenvalue weighted by Gasteiger charge is -2.05. The molecule has 1 N–H and O–H groups in total. The Balaban J connectivity index is 1.78. The number of amides is 1. The van der Waals surface area contributed by atoms with E-state index in [1.54, 1.807) is 0 Å². The Morgan fingerprint density at radius 1 is 1.30 bits per heavy atom. The van der Waals surface area contributed by atoms with Crippen molar-refractivity contribution in [3.8, 4) is 11.5 Å². The van der Waals surface area contributed by atoms with E-state index < -0.39 is 34.6 Å². The van der Waals surface area contributed by atoms with Crippen LogP contribution in [0.4, 0.5) is 15.8 Å². The fourth-order valence-electron chi connectivity index (χ4n) is 2.20. The highest BCUT2D eigenvalue weighted by Crippen LogP contribution is 2.27. The summed E-state index contributed by atoms with van der Waals surface area (Å²) in [6.45, 7) is -0.538. The van der Waals surface area contributed by atoms with Gasteiger partial charge in [-0.3, -0.25) is 14.9 Å². The van der Waals surface area contributed by atoms with E-state index in [-0.39, 0.29) is 16.6 Å². The van der Waals surface area contributed by atoms with Crippen molar-refractivity contribution in [3.05, 3.63) is 74.0 Å². The van der Waals surface area contributed by atoms with Gasteiger partial charge >= 0.3 is 5.76 Å². The summed E-state index contributed by atoms with van der Waals surface area (Å²) in [5.74, 6) is -2.20. The van der Waals surface area contributed by atoms with Crippen molar-refractivity contribution in [1.82, 2.24) is 9.78 Å². The second kappa shape index (κ2) is 7.38. The number of carbonyl (C=O) groups is 1. The topological polar surface area (TPSA) is 120 Å². The lowest BCUT2D eigenvalue weighted by Crippen LogP contribution is -2.26. The maximum absolute atomic E-state index is 13.0. The second-order valence-corrected chi connectivity index (χ2v) is 5.74. The molecular formula is C16H10ClFN4O5. The smallest absolute Gasteiger partial charge is 0.388 e. The normalized spacial score (nSPS) is 10.6. The van der Waals surface area contributed by atoms with Gasteiger partial charge < -0.3 is 9.73 Å². The average molecular weight is 393 g/mol. The van der Waals surface area contributed by atoms with E-state index >= 15 is 0 Å². The van der Waals surface area contributed by atoms with Crippen molar-refractivity contribution < 1.29 is 18.5 Å². The molecule has 3 aromatic rings. The Morgan fingerprint density at radius 3 is 2.67 bits per heavy atom. The molecule has 0 bridgehead atoms. The molecule has 0 aliphatic rings. The molecule has 1 heterocycles. The minimum absolute atomic E-state index is 0.0790. The predicted octanol–water partition coefficient (Wildman–Crippen LogP) is 2.84. The van der Waals surface area contributed by atoms with E-state index in [9.17, 15) is 24.1 Å². The maximum atomic E-state index is 13.0. The lowest BCUT2D eigenvalue weighted by atomic mass is 10.2. The van der Waals surface area contributed by atoms with E-state index in [2.05, 4.69) is 10.4 Å². The van der Waals surface area contributed by atoms with Crippen molar-refractivity contribution >= 4 is 28.9 Å². The van der Waals surface area contributed by atoms with E-state index in [4.69, 9.17) is 16.0 Å². The number of halogens is 2. The molecule has 0 aliphatic carbocycles. The maximum Gasteiger partial charge on any atom is 0.437 e. The summed E-state index contributed by atoms with van der Waals surface area (Å²) in [6, 6.07) is 8.80. The number of nitro groups is 1. The highest BCUT2D eigenvalue weighted by molar-refractivity contribution is 6.31. The van der Waals surface area contributed by atoms with Gasteiger partial charge in [0.15, 0.2) is 0 Å². The number of hydrogen-bond acceptors (Lipinski definition) is 6. The largest absolute Gasteiger partial charge is 0.437 e. The predicted molar refractivity (Wildman–Crippen MR) is 92.9 cm³/mol. The summed E-state index contributed by atoms with van der Waals surface area (Å²) in [6.07, 6.45) is 0. The number of nitro benzene ring substituents is 1. The van der Waals surface area contributed by atoms with Crippen LogP contribution in [0.2, 0.25) is 5.02 Å². The molecule has 1 amide bonds. The van der Waals surface area contributed by atoms with Gasteiger partial charge in [-0.05, 0) is 36.4 Å². The van der Waals surface area contributed by atoms with Crippen molar-refractivity contribution in [1.29, 1.82) is 0 Å². The second-order valence-electron chi connectivity index (χ2n) is 5.30. The Kier molecular flexibility index (Phi) is 4.99. The molecule has 0 spiro atoms. The number of aromatic nitrogens is 2. The van der Waals surface area contributed by atoms with Crippen LogP contribution in [0.25, 0.3) is 11.5 Å². The number of carbonyl (C=O) groups excluding carboxylic acids is 1. The van der Waals surface area contributed by atoms with Gasteiger partial charge in [-0.1, -0.05) is 11.6 Å². The first-order valence-electron chi connectivity index (χ1n) is 7.41. The van der Waals surface area contributed by atoms with Gasteiger partial charge in [-0.25, -0.2) is 9.18 Å². The van der Waals surface area contributed by atoms with E-state index in [1.807, 2.05) is 0 Å². The zero-order valence-corrected chi connectivity index (χ0v) is 14.1. The Labute approximate surface area is 155 Å². The SMILES string of the molecule is O=C(Cn1nc(-c2ccc(F)cc2)oc1=O)Nc1ccc(Cl)cc1[N+](=O)[O-]. The molecule has 3 rings (SSSR count). The molecule has 0 saturated heterocycles. The number of nitrogens with one attached hydrogen (secondary N) is 1. The number of nitrogens with zero attached hydrogens (tertiary/aromatic N) is 3. The van der Waals surface area contributed by atoms with Gasteiger partial charge in [0.25, 0.3) is 5.69 Å². The quantitative estimate of drug-likeness (QED) is 0.526. The first-order valence-corrected chi connectivity index (χ1v) is 7.79. The molecular weight excluding hydrogens is 383 g/mol. The van der Waals surface area contributed by atoms with Crippen LogP contribution in [0.5, 0.6) is 0 Å². The Hall–Kier alpha value is -3.53. The molecule has 0 saturated carbocycles. The van der Waals surface area contributed by atoms with Gasteiger partial charge in [-0.2, -0.15) is 4.68 Å². The summed E-state index contributed by atoms with van der Waals surface area (Å²) in [5, 5.41) is 17.4. The van der Waals surface area contributed by atoms with Gasteiger partial charge in [0, 0.05) is 16.7 Å². The Bertz CT molecular complexity index is 1080. The molecule has 0 fully saturated rings. The van der Waals surface area contributed by atoms with Crippen molar-refractivity contribution in [2.24, 2.45) is 0 Å². The van der Waals surface area contributed by atoms with Crippen molar-refractivity contribution in [2.45, 2.75) is 6.54 Å². The molecule has 27 heavy (non-hydrogen) atoms. The monoisotopic (exact) mass is 392 g/mol. The molecule has 1 aromatic heterocycles. The molecule has 138 valence electrons. The van der Waals surface area contributed by atoms with Gasteiger partial charge in [0.2, 0.25) is 11.8 Å². The first kappa shape index (κ1) is 18.3. The minimum atomic E-state index is -0.907. The fourth-order valence-corrected chi connectivity index (χ4v) is 2.37. The summed E-state index contributed by atoms with van der Waals surface area (Å²) in [4.78, 5) is 34.3. The summed E-state index contributed by atoms with van der Waals surface area (Å²) in [5.41, 5.74) is -0.124. The molecule has 9 nitrogen and oxygen atoms in total.